The first kappa shape index (κ1) is 19.5. The monoisotopic (exact) mass is 447 g/mol. The van der Waals surface area contributed by atoms with Crippen molar-refractivity contribution in [2.45, 2.75) is 18.4 Å². The van der Waals surface area contributed by atoms with Gasteiger partial charge in [0.15, 0.2) is 0 Å². The lowest BCUT2D eigenvalue weighted by Gasteiger charge is -2.16. The maximum absolute atomic E-state index is 13.3. The predicted octanol–water partition coefficient (Wildman–Crippen LogP) is 2.39. The van der Waals surface area contributed by atoms with Gasteiger partial charge in [-0.25, -0.2) is 0 Å². The lowest BCUT2D eigenvalue weighted by molar-refractivity contribution is -0.119. The van der Waals surface area contributed by atoms with Crippen LogP contribution < -0.4 is 19.7 Å². The first-order chi connectivity index (χ1) is 13.5. The molecule has 0 aliphatic carbocycles. The molecule has 0 N–H and O–H groups in total. The molecule has 0 bridgehead atoms. The third-order valence-electron chi connectivity index (χ3n) is 4.47. The van der Waals surface area contributed by atoms with Crippen LogP contribution in [0.2, 0.25) is 0 Å². The van der Waals surface area contributed by atoms with Crippen LogP contribution in [-0.2, 0) is 11.3 Å². The number of thiocarbonyl (C=S) groups is 1. The van der Waals surface area contributed by atoms with Crippen molar-refractivity contribution in [1.29, 1.82) is 0 Å². The molecule has 1 fully saturated rings. The standard InChI is InChI=1S/C19H17N3O2S4/c1-4-10-22-16(24)14(27-18(22)13-15(23)20(3)19(25)28-13)17-21(5-2)11-8-6-7-9-12(11)26-17/h4,6-9H,1,5,10H2,2-3H3/b17-14-,18-13-. The van der Waals surface area contributed by atoms with E-state index in [1.54, 1.807) is 29.5 Å². The van der Waals surface area contributed by atoms with Gasteiger partial charge in [0.25, 0.3) is 11.5 Å². The number of hydrogen-bond donors (Lipinski definition) is 0. The molecule has 5 nitrogen and oxygen atoms in total. The minimum Gasteiger partial charge on any atom is -0.334 e. The van der Waals surface area contributed by atoms with E-state index in [9.17, 15) is 9.59 Å². The van der Waals surface area contributed by atoms with Crippen molar-refractivity contribution < 1.29 is 4.79 Å². The number of benzene rings is 1. The van der Waals surface area contributed by atoms with Gasteiger partial charge in [-0.1, -0.05) is 54.0 Å². The van der Waals surface area contributed by atoms with Crippen LogP contribution in [0.1, 0.15) is 6.92 Å². The SMILES string of the molecule is C=CCn1c(=O)/c(=C2/Sc3ccccc3N2CC)s/c1=C1\SC(=S)N(C)C1=O. The van der Waals surface area contributed by atoms with Crippen LogP contribution in [0.4, 0.5) is 5.69 Å². The molecule has 0 saturated carbocycles. The molecular formula is C19H17N3O2S4. The number of rotatable bonds is 3. The lowest BCUT2D eigenvalue weighted by Crippen LogP contribution is -2.35. The Balaban J connectivity index is 2.03. The topological polar surface area (TPSA) is 45.6 Å². The number of carbonyl (C=O) groups is 1. The third-order valence-corrected chi connectivity index (χ3v) is 8.65. The predicted molar refractivity (Wildman–Crippen MR) is 123 cm³/mol. The van der Waals surface area contributed by atoms with Crippen LogP contribution in [0, 0.1) is 0 Å². The van der Waals surface area contributed by atoms with Crippen molar-refractivity contribution in [2.75, 3.05) is 18.5 Å². The summed E-state index contributed by atoms with van der Waals surface area (Å²) in [5.74, 6) is -0.166. The highest BCUT2D eigenvalue weighted by atomic mass is 32.2. The van der Waals surface area contributed by atoms with E-state index in [0.29, 0.717) is 25.0 Å². The maximum atomic E-state index is 13.3. The smallest absolute Gasteiger partial charge is 0.272 e. The lowest BCUT2D eigenvalue weighted by atomic mass is 10.3. The second kappa shape index (κ2) is 7.55. The zero-order chi connectivity index (χ0) is 20.0. The quantitative estimate of drug-likeness (QED) is 0.532. The van der Waals surface area contributed by atoms with E-state index in [1.165, 1.54) is 28.0 Å². The van der Waals surface area contributed by atoms with Crippen molar-refractivity contribution in [3.63, 3.8) is 0 Å². The molecule has 144 valence electrons. The Labute approximate surface area is 180 Å². The summed E-state index contributed by atoms with van der Waals surface area (Å²) in [6.45, 7) is 6.93. The second-order valence-corrected chi connectivity index (χ2v) is 9.80. The van der Waals surface area contributed by atoms with Crippen LogP contribution >= 0.6 is 47.1 Å². The highest BCUT2D eigenvalue weighted by Gasteiger charge is 2.32. The van der Waals surface area contributed by atoms with Gasteiger partial charge in [-0.3, -0.25) is 19.1 Å². The van der Waals surface area contributed by atoms with Gasteiger partial charge in [-0.15, -0.1) is 17.9 Å². The number of carbonyl (C=O) groups excluding carboxylic acids is 1. The van der Waals surface area contributed by atoms with Gasteiger partial charge in [-0.2, -0.15) is 0 Å². The molecule has 28 heavy (non-hydrogen) atoms. The number of hydrogen-bond acceptors (Lipinski definition) is 7. The molecular weight excluding hydrogens is 430 g/mol. The largest absolute Gasteiger partial charge is 0.334 e. The van der Waals surface area contributed by atoms with Gasteiger partial charge in [0.1, 0.15) is 23.4 Å². The fraction of sp³-hybridized carbons (Fsp3) is 0.211. The fourth-order valence-electron chi connectivity index (χ4n) is 3.10. The van der Waals surface area contributed by atoms with E-state index in [-0.39, 0.29) is 11.5 Å². The van der Waals surface area contributed by atoms with E-state index >= 15 is 0 Å². The Hall–Kier alpha value is -1.81. The van der Waals surface area contributed by atoms with Crippen LogP contribution in [0.5, 0.6) is 0 Å². The van der Waals surface area contributed by atoms with E-state index in [0.717, 1.165) is 22.2 Å². The van der Waals surface area contributed by atoms with Crippen LogP contribution in [0.3, 0.4) is 0 Å². The van der Waals surface area contributed by atoms with Gasteiger partial charge in [0.2, 0.25) is 0 Å². The highest BCUT2D eigenvalue weighted by Crippen LogP contribution is 2.45. The Morgan fingerprint density at radius 1 is 1.21 bits per heavy atom. The molecule has 4 rings (SSSR count). The summed E-state index contributed by atoms with van der Waals surface area (Å²) >= 11 is 9.46. The van der Waals surface area contributed by atoms with E-state index in [1.807, 2.05) is 12.1 Å². The van der Waals surface area contributed by atoms with Gasteiger partial charge in [0, 0.05) is 25.0 Å². The first-order valence-corrected chi connectivity index (χ1v) is 11.5. The Kier molecular flexibility index (Phi) is 5.26. The summed E-state index contributed by atoms with van der Waals surface area (Å²) in [5, 5.41) is 0.912. The van der Waals surface area contributed by atoms with Gasteiger partial charge in [-0.05, 0) is 19.1 Å². The molecule has 3 heterocycles. The number of fused-ring (bicyclic) bond motifs is 1. The number of para-hydroxylation sites is 1. The molecule has 1 aromatic heterocycles. The van der Waals surface area contributed by atoms with E-state index in [4.69, 9.17) is 12.2 Å². The van der Waals surface area contributed by atoms with Crippen molar-refractivity contribution in [3.05, 3.63) is 56.5 Å². The van der Waals surface area contributed by atoms with Crippen molar-refractivity contribution in [2.24, 2.45) is 0 Å². The zero-order valence-electron chi connectivity index (χ0n) is 15.3. The number of thioether (sulfide) groups is 2. The summed E-state index contributed by atoms with van der Waals surface area (Å²) < 4.78 is 3.40. The summed E-state index contributed by atoms with van der Waals surface area (Å²) in [5.41, 5.74) is 1.00. The zero-order valence-corrected chi connectivity index (χ0v) is 18.6. The first-order valence-electron chi connectivity index (χ1n) is 8.61. The summed E-state index contributed by atoms with van der Waals surface area (Å²) in [7, 11) is 1.66. The van der Waals surface area contributed by atoms with Crippen LogP contribution in [0.25, 0.3) is 9.93 Å². The minimum absolute atomic E-state index is 0.102. The number of thiazole rings is 1. The molecule has 1 amide bonds. The van der Waals surface area contributed by atoms with Crippen LogP contribution in [0.15, 0.2) is 46.6 Å². The van der Waals surface area contributed by atoms with Crippen molar-refractivity contribution in [1.82, 2.24) is 9.47 Å². The third kappa shape index (κ3) is 2.97. The Morgan fingerprint density at radius 2 is 1.96 bits per heavy atom. The molecule has 2 aliphatic rings. The molecule has 2 aliphatic heterocycles. The van der Waals surface area contributed by atoms with Gasteiger partial charge >= 0.3 is 0 Å². The minimum atomic E-state index is -0.166. The average Bonchev–Trinajstić information content (AvgIpc) is 3.30. The summed E-state index contributed by atoms with van der Waals surface area (Å²) in [6.07, 6.45) is 1.67. The van der Waals surface area contributed by atoms with Crippen LogP contribution in [-0.4, -0.2) is 33.3 Å². The number of nitrogens with zero attached hydrogens (tertiary/aromatic N) is 3. The Bertz CT molecular complexity index is 1190. The second-order valence-electron chi connectivity index (χ2n) is 6.12. The fourth-order valence-corrected chi connectivity index (χ4v) is 6.94. The molecule has 2 aromatic rings. The molecule has 0 unspecified atom stereocenters. The number of amides is 1. The van der Waals surface area contributed by atoms with Gasteiger partial charge < -0.3 is 4.90 Å². The van der Waals surface area contributed by atoms with Crippen molar-refractivity contribution >= 4 is 72.9 Å². The van der Waals surface area contributed by atoms with E-state index in [2.05, 4.69) is 30.5 Å². The molecule has 1 aromatic carbocycles. The number of anilines is 1. The summed E-state index contributed by atoms with van der Waals surface area (Å²) in [4.78, 5) is 31.2. The number of allylic oxidation sites excluding steroid dienone is 1. The maximum Gasteiger partial charge on any atom is 0.272 e. The Morgan fingerprint density at radius 3 is 2.61 bits per heavy atom. The molecule has 1 saturated heterocycles. The average molecular weight is 448 g/mol. The highest BCUT2D eigenvalue weighted by molar-refractivity contribution is 8.30. The van der Waals surface area contributed by atoms with E-state index < -0.39 is 0 Å². The molecule has 0 spiro atoms. The molecule has 0 radical (unpaired) electrons. The molecule has 9 heteroatoms. The normalized spacial score (nSPS) is 20.2. The van der Waals surface area contributed by atoms with Crippen molar-refractivity contribution in [3.8, 4) is 0 Å². The molecule has 0 atom stereocenters. The van der Waals surface area contributed by atoms with Gasteiger partial charge in [0.05, 0.1) is 5.69 Å². The number of aromatic nitrogens is 1. The summed E-state index contributed by atoms with van der Waals surface area (Å²) in [6, 6.07) is 8.12.